The number of carbonyl (C=O) groups is 3. The van der Waals surface area contributed by atoms with Gasteiger partial charge in [-0.2, -0.15) is 0 Å². The van der Waals surface area contributed by atoms with Crippen LogP contribution in [0.4, 0.5) is 11.4 Å². The summed E-state index contributed by atoms with van der Waals surface area (Å²) in [5, 5.41) is 15.5. The van der Waals surface area contributed by atoms with Gasteiger partial charge in [-0.15, -0.1) is 11.8 Å². The summed E-state index contributed by atoms with van der Waals surface area (Å²) in [4.78, 5) is 36.9. The van der Waals surface area contributed by atoms with Crippen LogP contribution in [-0.4, -0.2) is 28.6 Å². The Balaban J connectivity index is 1.52. The van der Waals surface area contributed by atoms with Crippen molar-refractivity contribution in [3.05, 3.63) is 64.7 Å². The number of anilines is 2. The fourth-order valence-corrected chi connectivity index (χ4v) is 4.23. The van der Waals surface area contributed by atoms with Gasteiger partial charge in [-0.05, 0) is 49.2 Å². The molecule has 2 atom stereocenters. The van der Waals surface area contributed by atoms with Gasteiger partial charge in [0.2, 0.25) is 11.8 Å². The molecule has 1 aliphatic rings. The third-order valence-corrected chi connectivity index (χ3v) is 6.63. The molecule has 2 amide bonds. The van der Waals surface area contributed by atoms with Crippen LogP contribution < -0.4 is 10.6 Å². The molecule has 3 N–H and O–H groups in total. The molecule has 0 saturated carbocycles. The third-order valence-electron chi connectivity index (χ3n) is 4.80. The molecule has 6 nitrogen and oxygen atoms in total. The lowest BCUT2D eigenvalue weighted by Gasteiger charge is -2.24. The average Bonchev–Trinajstić information content (AvgIpc) is 2.76. The van der Waals surface area contributed by atoms with Crippen molar-refractivity contribution in [2.75, 3.05) is 16.4 Å². The van der Waals surface area contributed by atoms with E-state index < -0.39 is 17.8 Å². The molecule has 2 aromatic rings. The summed E-state index contributed by atoms with van der Waals surface area (Å²) < 4.78 is 0. The zero-order chi connectivity index (χ0) is 22.4. The normalized spacial score (nSPS) is 17.7. The van der Waals surface area contributed by atoms with Gasteiger partial charge in [0.1, 0.15) is 0 Å². The van der Waals surface area contributed by atoms with Crippen LogP contribution in [-0.2, 0) is 14.4 Å². The number of amides is 2. The lowest BCUT2D eigenvalue weighted by molar-refractivity contribution is -0.146. The number of allylic oxidation sites excluding steroid dienone is 2. The highest BCUT2D eigenvalue weighted by Gasteiger charge is 2.33. The second-order valence-corrected chi connectivity index (χ2v) is 8.78. The van der Waals surface area contributed by atoms with Gasteiger partial charge in [-0.25, -0.2) is 0 Å². The summed E-state index contributed by atoms with van der Waals surface area (Å²) in [6.07, 6.45) is 4.39. The lowest BCUT2D eigenvalue weighted by atomic mass is 9.82. The Hall–Kier alpha value is -2.48. The van der Waals surface area contributed by atoms with Crippen LogP contribution >= 0.6 is 35.0 Å². The minimum Gasteiger partial charge on any atom is -0.481 e. The molecule has 0 aliphatic heterocycles. The van der Waals surface area contributed by atoms with E-state index in [1.54, 1.807) is 48.5 Å². The van der Waals surface area contributed by atoms with E-state index in [4.69, 9.17) is 23.2 Å². The van der Waals surface area contributed by atoms with Crippen LogP contribution in [0, 0.1) is 11.8 Å². The fraction of sp³-hybridized carbons (Fsp3) is 0.227. The summed E-state index contributed by atoms with van der Waals surface area (Å²) in [7, 11) is 0. The van der Waals surface area contributed by atoms with E-state index in [1.165, 1.54) is 11.8 Å². The number of thioether (sulfide) groups is 1. The maximum Gasteiger partial charge on any atom is 0.307 e. The molecule has 2 unspecified atom stereocenters. The maximum atomic E-state index is 12.5. The number of hydrogen-bond donors (Lipinski definition) is 3. The van der Waals surface area contributed by atoms with Crippen molar-refractivity contribution in [3.8, 4) is 0 Å². The van der Waals surface area contributed by atoms with E-state index in [9.17, 15) is 19.5 Å². The van der Waals surface area contributed by atoms with Gasteiger partial charge in [0.05, 0.1) is 33.3 Å². The Morgan fingerprint density at radius 3 is 2.32 bits per heavy atom. The minimum atomic E-state index is -0.964. The molecule has 0 aromatic heterocycles. The van der Waals surface area contributed by atoms with Gasteiger partial charge in [0.15, 0.2) is 0 Å². The molecule has 31 heavy (non-hydrogen) atoms. The van der Waals surface area contributed by atoms with Crippen LogP contribution in [0.2, 0.25) is 10.0 Å². The van der Waals surface area contributed by atoms with Crippen LogP contribution in [0.3, 0.4) is 0 Å². The largest absolute Gasteiger partial charge is 0.481 e. The number of carboxylic acids is 1. The van der Waals surface area contributed by atoms with Gasteiger partial charge >= 0.3 is 5.97 Å². The first-order chi connectivity index (χ1) is 14.8. The van der Waals surface area contributed by atoms with E-state index in [0.717, 1.165) is 4.90 Å². The second kappa shape index (κ2) is 10.7. The number of carbonyl (C=O) groups excluding carboxylic acids is 2. The highest BCUT2D eigenvalue weighted by atomic mass is 35.5. The Labute approximate surface area is 194 Å². The first-order valence-electron chi connectivity index (χ1n) is 9.50. The van der Waals surface area contributed by atoms with Crippen molar-refractivity contribution < 1.29 is 19.5 Å². The number of carboxylic acid groups (broad SMARTS) is 1. The van der Waals surface area contributed by atoms with Crippen molar-refractivity contribution in [3.63, 3.8) is 0 Å². The Bertz CT molecular complexity index is 1010. The zero-order valence-electron chi connectivity index (χ0n) is 16.3. The summed E-state index contributed by atoms with van der Waals surface area (Å²) in [5.41, 5.74) is 1.03. The molecule has 162 valence electrons. The van der Waals surface area contributed by atoms with Crippen molar-refractivity contribution in [1.29, 1.82) is 0 Å². The summed E-state index contributed by atoms with van der Waals surface area (Å²) in [6, 6.07) is 12.0. The third kappa shape index (κ3) is 6.26. The van der Waals surface area contributed by atoms with E-state index in [0.29, 0.717) is 34.3 Å². The second-order valence-electron chi connectivity index (χ2n) is 6.95. The van der Waals surface area contributed by atoms with E-state index >= 15 is 0 Å². The molecule has 2 aromatic carbocycles. The lowest BCUT2D eigenvalue weighted by Crippen LogP contribution is -2.34. The fourth-order valence-electron chi connectivity index (χ4n) is 3.18. The number of aliphatic carboxylic acids is 1. The molecule has 0 radical (unpaired) electrons. The van der Waals surface area contributed by atoms with Crippen molar-refractivity contribution in [1.82, 2.24) is 0 Å². The Morgan fingerprint density at radius 2 is 1.65 bits per heavy atom. The SMILES string of the molecule is O=C(CSc1ccc(NC(=O)C2CC=CCC2C(=O)O)cc1)Nc1cccc(Cl)c1Cl. The molecule has 0 heterocycles. The smallest absolute Gasteiger partial charge is 0.307 e. The topological polar surface area (TPSA) is 95.5 Å². The highest BCUT2D eigenvalue weighted by Crippen LogP contribution is 2.30. The molecule has 0 bridgehead atoms. The predicted molar refractivity (Wildman–Crippen MR) is 124 cm³/mol. The number of hydrogen-bond acceptors (Lipinski definition) is 4. The highest BCUT2D eigenvalue weighted by molar-refractivity contribution is 8.00. The molecule has 3 rings (SSSR count). The first kappa shape index (κ1) is 23.2. The molecular formula is C22H20Cl2N2O4S. The van der Waals surface area contributed by atoms with Crippen LogP contribution in [0.25, 0.3) is 0 Å². The van der Waals surface area contributed by atoms with E-state index in [1.807, 2.05) is 6.08 Å². The monoisotopic (exact) mass is 478 g/mol. The number of benzene rings is 2. The summed E-state index contributed by atoms with van der Waals surface area (Å²) in [6.45, 7) is 0. The molecular weight excluding hydrogens is 459 g/mol. The number of rotatable bonds is 7. The van der Waals surface area contributed by atoms with Crippen molar-refractivity contribution in [2.24, 2.45) is 11.8 Å². The van der Waals surface area contributed by atoms with Crippen LogP contribution in [0.5, 0.6) is 0 Å². The Kier molecular flexibility index (Phi) is 8.01. The Morgan fingerprint density at radius 1 is 0.968 bits per heavy atom. The number of nitrogens with one attached hydrogen (secondary N) is 2. The average molecular weight is 479 g/mol. The van der Waals surface area contributed by atoms with Gasteiger partial charge in [-0.1, -0.05) is 41.4 Å². The van der Waals surface area contributed by atoms with Gasteiger partial charge in [0.25, 0.3) is 0 Å². The quantitative estimate of drug-likeness (QED) is 0.369. The van der Waals surface area contributed by atoms with E-state index in [-0.39, 0.29) is 17.6 Å². The molecule has 0 fully saturated rings. The van der Waals surface area contributed by atoms with Crippen molar-refractivity contribution >= 4 is 64.1 Å². The number of halogens is 2. The predicted octanol–water partition coefficient (Wildman–Crippen LogP) is 5.33. The van der Waals surface area contributed by atoms with Crippen LogP contribution in [0.1, 0.15) is 12.8 Å². The van der Waals surface area contributed by atoms with Gasteiger partial charge in [0, 0.05) is 10.6 Å². The van der Waals surface area contributed by atoms with Crippen molar-refractivity contribution in [2.45, 2.75) is 17.7 Å². The molecule has 1 aliphatic carbocycles. The van der Waals surface area contributed by atoms with Crippen LogP contribution in [0.15, 0.2) is 59.5 Å². The summed E-state index contributed by atoms with van der Waals surface area (Å²) >= 11 is 13.3. The van der Waals surface area contributed by atoms with Gasteiger partial charge < -0.3 is 15.7 Å². The first-order valence-corrected chi connectivity index (χ1v) is 11.2. The molecule has 0 spiro atoms. The molecule has 9 heteroatoms. The zero-order valence-corrected chi connectivity index (χ0v) is 18.6. The standard InChI is InChI=1S/C22H20Cl2N2O4S/c23-17-6-3-7-18(20(17)24)26-19(27)12-31-14-10-8-13(9-11-14)25-21(28)15-4-1-2-5-16(15)22(29)30/h1-3,6-11,15-16H,4-5,12H2,(H,25,28)(H,26,27)(H,29,30). The maximum absolute atomic E-state index is 12.5. The van der Waals surface area contributed by atoms with Gasteiger partial charge in [-0.3, -0.25) is 14.4 Å². The minimum absolute atomic E-state index is 0.170. The van der Waals surface area contributed by atoms with E-state index in [2.05, 4.69) is 10.6 Å². The summed E-state index contributed by atoms with van der Waals surface area (Å²) in [5.74, 6) is -2.64. The molecule has 0 saturated heterocycles.